The summed E-state index contributed by atoms with van der Waals surface area (Å²) in [4.78, 5) is 15.1. The number of hydrogen-bond acceptors (Lipinski definition) is 6. The molecule has 1 rings (SSSR count). The van der Waals surface area contributed by atoms with Crippen molar-refractivity contribution in [2.24, 2.45) is 0 Å². The highest BCUT2D eigenvalue weighted by Crippen LogP contribution is 2.20. The van der Waals surface area contributed by atoms with Crippen LogP contribution in [0.5, 0.6) is 0 Å². The Labute approximate surface area is 103 Å². The molecule has 2 N–H and O–H groups in total. The van der Waals surface area contributed by atoms with Gasteiger partial charge in [0.15, 0.2) is 4.34 Å². The molecule has 0 fully saturated rings. The molecule has 1 unspecified atom stereocenters. The molecule has 1 aromatic rings. The molecular weight excluding hydrogens is 246 g/mol. The molecule has 0 radical (unpaired) electrons. The van der Waals surface area contributed by atoms with Gasteiger partial charge < -0.3 is 10.4 Å². The maximum atomic E-state index is 11.0. The number of thioether (sulfide) groups is 1. The molecule has 0 spiro atoms. The molecule has 1 heterocycles. The van der Waals surface area contributed by atoms with Crippen LogP contribution in [-0.2, 0) is 4.79 Å². The Hall–Kier alpha value is -0.660. The third-order valence-electron chi connectivity index (χ3n) is 1.72. The smallest absolute Gasteiger partial charge is 0.321 e. The van der Waals surface area contributed by atoms with E-state index in [0.717, 1.165) is 10.2 Å². The fraction of sp³-hybridized carbons (Fsp3) is 0.667. The van der Waals surface area contributed by atoms with Crippen molar-refractivity contribution in [1.29, 1.82) is 0 Å². The largest absolute Gasteiger partial charge is 0.480 e. The Morgan fingerprint density at radius 2 is 2.31 bits per heavy atom. The van der Waals surface area contributed by atoms with Crippen LogP contribution in [0.15, 0.2) is 4.34 Å². The van der Waals surface area contributed by atoms with Crippen molar-refractivity contribution in [2.75, 3.05) is 5.75 Å². The van der Waals surface area contributed by atoms with E-state index in [1.807, 2.05) is 20.8 Å². The summed E-state index contributed by atoms with van der Waals surface area (Å²) in [6.07, 6.45) is 0. The Balaban J connectivity index is 2.46. The number of carboxylic acids is 1. The van der Waals surface area contributed by atoms with Crippen molar-refractivity contribution in [3.8, 4) is 0 Å². The first-order valence-corrected chi connectivity index (χ1v) is 6.67. The summed E-state index contributed by atoms with van der Waals surface area (Å²) in [6.45, 7) is 5.67. The van der Waals surface area contributed by atoms with E-state index in [1.54, 1.807) is 0 Å². The minimum absolute atomic E-state index is 0.151. The predicted molar refractivity (Wildman–Crippen MR) is 65.1 cm³/mol. The van der Waals surface area contributed by atoms with Gasteiger partial charge in [-0.15, -0.1) is 0 Å². The van der Waals surface area contributed by atoms with Crippen LogP contribution in [-0.4, -0.2) is 38.3 Å². The molecule has 5 nitrogen and oxygen atoms in total. The Morgan fingerprint density at radius 3 is 2.75 bits per heavy atom. The molecule has 90 valence electrons. The van der Waals surface area contributed by atoms with Gasteiger partial charge >= 0.3 is 5.97 Å². The van der Waals surface area contributed by atoms with E-state index in [2.05, 4.69) is 14.7 Å². The van der Waals surface area contributed by atoms with Gasteiger partial charge in [-0.1, -0.05) is 25.6 Å². The second-order valence-electron chi connectivity index (χ2n) is 3.63. The highest BCUT2D eigenvalue weighted by atomic mass is 32.2. The first-order chi connectivity index (χ1) is 7.49. The second kappa shape index (κ2) is 6.17. The lowest BCUT2D eigenvalue weighted by Crippen LogP contribution is -2.42. The van der Waals surface area contributed by atoms with Crippen LogP contribution in [0.4, 0.5) is 0 Å². The van der Waals surface area contributed by atoms with Crippen LogP contribution in [0.25, 0.3) is 0 Å². The molecule has 0 amide bonds. The number of rotatable bonds is 6. The second-order valence-corrected chi connectivity index (χ2v) is 5.65. The lowest BCUT2D eigenvalue weighted by molar-refractivity contribution is -0.139. The number of hydrogen-bond donors (Lipinski definition) is 2. The van der Waals surface area contributed by atoms with E-state index in [1.165, 1.54) is 23.3 Å². The van der Waals surface area contributed by atoms with Gasteiger partial charge in [-0.2, -0.15) is 4.37 Å². The molecule has 1 aromatic heterocycles. The van der Waals surface area contributed by atoms with Crippen molar-refractivity contribution in [3.05, 3.63) is 5.82 Å². The molecule has 0 bridgehead atoms. The average Bonchev–Trinajstić information content (AvgIpc) is 2.58. The summed E-state index contributed by atoms with van der Waals surface area (Å²) >= 11 is 2.72. The fourth-order valence-corrected chi connectivity index (χ4v) is 2.78. The number of nitrogens with zero attached hydrogens (tertiary/aromatic N) is 2. The maximum absolute atomic E-state index is 11.0. The van der Waals surface area contributed by atoms with Crippen molar-refractivity contribution in [1.82, 2.24) is 14.7 Å². The Kier molecular flexibility index (Phi) is 5.17. The molecule has 1 atom stereocenters. The average molecular weight is 261 g/mol. The van der Waals surface area contributed by atoms with Gasteiger partial charge in [0, 0.05) is 11.8 Å². The third-order valence-corrected chi connectivity index (χ3v) is 3.73. The van der Waals surface area contributed by atoms with E-state index < -0.39 is 12.0 Å². The van der Waals surface area contributed by atoms with Crippen molar-refractivity contribution >= 4 is 29.3 Å². The van der Waals surface area contributed by atoms with Crippen LogP contribution in [0.1, 0.15) is 19.7 Å². The summed E-state index contributed by atoms with van der Waals surface area (Å²) in [5.74, 6) is 0.362. The number of aliphatic carboxylic acids is 1. The highest BCUT2D eigenvalue weighted by Gasteiger charge is 2.18. The summed E-state index contributed by atoms with van der Waals surface area (Å²) < 4.78 is 4.86. The molecule has 16 heavy (non-hydrogen) atoms. The van der Waals surface area contributed by atoms with Crippen LogP contribution in [0.2, 0.25) is 0 Å². The molecule has 0 saturated carbocycles. The molecule has 0 saturated heterocycles. The molecule has 0 aliphatic rings. The lowest BCUT2D eigenvalue weighted by atomic mass is 10.3. The first-order valence-electron chi connectivity index (χ1n) is 4.91. The monoisotopic (exact) mass is 261 g/mol. The van der Waals surface area contributed by atoms with Gasteiger partial charge in [0.2, 0.25) is 0 Å². The normalized spacial score (nSPS) is 13.0. The number of aromatic nitrogens is 2. The van der Waals surface area contributed by atoms with E-state index in [0.29, 0.717) is 5.75 Å². The van der Waals surface area contributed by atoms with Gasteiger partial charge in [0.25, 0.3) is 0 Å². The zero-order valence-electron chi connectivity index (χ0n) is 9.43. The van der Waals surface area contributed by atoms with Crippen molar-refractivity contribution in [3.63, 3.8) is 0 Å². The summed E-state index contributed by atoms with van der Waals surface area (Å²) in [7, 11) is 0. The third kappa shape index (κ3) is 4.46. The molecule has 0 aromatic carbocycles. The highest BCUT2D eigenvalue weighted by molar-refractivity contribution is 8.01. The van der Waals surface area contributed by atoms with E-state index in [-0.39, 0.29) is 6.04 Å². The van der Waals surface area contributed by atoms with Crippen LogP contribution < -0.4 is 5.32 Å². The number of nitrogens with one attached hydrogen (secondary N) is 1. The molecule has 0 aliphatic carbocycles. The standard InChI is InChI=1S/C9H15N3O2S2/c1-5(2)10-7(8(13)14)4-15-9-11-6(3)12-16-9/h5,7,10H,4H2,1-3H3,(H,13,14). The zero-order valence-corrected chi connectivity index (χ0v) is 11.1. The van der Waals surface area contributed by atoms with Crippen LogP contribution in [0, 0.1) is 6.92 Å². The summed E-state index contributed by atoms with van der Waals surface area (Å²) in [5, 5.41) is 12.0. The van der Waals surface area contributed by atoms with Crippen LogP contribution in [0.3, 0.4) is 0 Å². The topological polar surface area (TPSA) is 75.1 Å². The Bertz CT molecular complexity index is 354. The number of carboxylic acid groups (broad SMARTS) is 1. The molecule has 0 aliphatic heterocycles. The minimum Gasteiger partial charge on any atom is -0.480 e. The van der Waals surface area contributed by atoms with Gasteiger partial charge in [-0.25, -0.2) is 4.98 Å². The van der Waals surface area contributed by atoms with Gasteiger partial charge in [0.1, 0.15) is 11.9 Å². The fourth-order valence-electron chi connectivity index (χ4n) is 1.08. The molecular formula is C9H15N3O2S2. The first kappa shape index (κ1) is 13.4. The van der Waals surface area contributed by atoms with Crippen molar-refractivity contribution < 1.29 is 9.90 Å². The summed E-state index contributed by atoms with van der Waals surface area (Å²) in [6, 6.07) is -0.396. The van der Waals surface area contributed by atoms with E-state index >= 15 is 0 Å². The predicted octanol–water partition coefficient (Wildman–Crippen LogP) is 1.39. The van der Waals surface area contributed by atoms with Crippen molar-refractivity contribution in [2.45, 2.75) is 37.2 Å². The van der Waals surface area contributed by atoms with Gasteiger partial charge in [-0.05, 0) is 18.5 Å². The maximum Gasteiger partial charge on any atom is 0.321 e. The lowest BCUT2D eigenvalue weighted by Gasteiger charge is -2.15. The van der Waals surface area contributed by atoms with E-state index in [4.69, 9.17) is 5.11 Å². The van der Waals surface area contributed by atoms with Crippen LogP contribution >= 0.6 is 23.3 Å². The minimum atomic E-state index is -0.831. The summed E-state index contributed by atoms with van der Waals surface area (Å²) in [5.41, 5.74) is 0. The quantitative estimate of drug-likeness (QED) is 0.754. The SMILES string of the molecule is Cc1nsc(SCC(NC(C)C)C(=O)O)n1. The number of carbonyl (C=O) groups is 1. The zero-order chi connectivity index (χ0) is 12.1. The Morgan fingerprint density at radius 1 is 1.62 bits per heavy atom. The van der Waals surface area contributed by atoms with Gasteiger partial charge in [0.05, 0.1) is 0 Å². The number of aryl methyl sites for hydroxylation is 1. The van der Waals surface area contributed by atoms with E-state index in [9.17, 15) is 4.79 Å². The molecule has 7 heteroatoms. The van der Waals surface area contributed by atoms with Gasteiger partial charge in [-0.3, -0.25) is 4.79 Å².